The van der Waals surface area contributed by atoms with Crippen molar-refractivity contribution >= 4 is 17.4 Å². The predicted octanol–water partition coefficient (Wildman–Crippen LogP) is 4.49. The van der Waals surface area contributed by atoms with Crippen molar-refractivity contribution in [2.45, 2.75) is 69.8 Å². The molecule has 3 aliphatic heterocycles. The van der Waals surface area contributed by atoms with E-state index in [9.17, 15) is 23.2 Å². The van der Waals surface area contributed by atoms with Crippen LogP contribution in [0.1, 0.15) is 54.5 Å². The van der Waals surface area contributed by atoms with Gasteiger partial charge in [-0.15, -0.1) is 0 Å². The number of nitriles is 1. The normalized spacial score (nSPS) is 21.5. The van der Waals surface area contributed by atoms with Crippen molar-refractivity contribution in [3.05, 3.63) is 53.2 Å². The van der Waals surface area contributed by atoms with Gasteiger partial charge in [0.1, 0.15) is 12.4 Å². The van der Waals surface area contributed by atoms with Gasteiger partial charge in [-0.05, 0) is 69.8 Å². The van der Waals surface area contributed by atoms with Crippen molar-refractivity contribution in [1.82, 2.24) is 19.8 Å². The summed E-state index contributed by atoms with van der Waals surface area (Å²) in [4.78, 5) is 30.2. The van der Waals surface area contributed by atoms with Gasteiger partial charge in [-0.2, -0.15) is 28.4 Å². The fourth-order valence-corrected chi connectivity index (χ4v) is 7.03. The third kappa shape index (κ3) is 5.82. The van der Waals surface area contributed by atoms with Crippen molar-refractivity contribution in [2.24, 2.45) is 0 Å². The van der Waals surface area contributed by atoms with Gasteiger partial charge in [-0.25, -0.2) is 0 Å². The van der Waals surface area contributed by atoms with Crippen LogP contribution in [0.5, 0.6) is 6.01 Å². The lowest BCUT2D eigenvalue weighted by molar-refractivity contribution is -0.137. The van der Waals surface area contributed by atoms with Gasteiger partial charge in [-0.3, -0.25) is 9.69 Å². The van der Waals surface area contributed by atoms with Crippen LogP contribution in [0.4, 0.5) is 24.7 Å². The van der Waals surface area contributed by atoms with Gasteiger partial charge in [-0.1, -0.05) is 18.7 Å². The fraction of sp³-hybridized carbons (Fsp3) is 0.562. The smallest absolute Gasteiger partial charge is 0.418 e. The Labute approximate surface area is 255 Å². The standard InChI is InChI=1S/C32H38F3N7O2/c1-3-27(43)42-18-17-40(19-23(42)9-13-36)29-24-10-16-39(26-8-6-7-22(2)28(26)32(33,34)35)20-25(24)37-30(38-29)44-21-31(11-12-31)41-14-4-5-15-41/h3,6-8,23H,1,4-5,9-12,14-21H2,2H3/t23-/m0/s1. The van der Waals surface area contributed by atoms with Crippen LogP contribution in [-0.2, 0) is 23.9 Å². The Morgan fingerprint density at radius 2 is 1.93 bits per heavy atom. The first-order chi connectivity index (χ1) is 21.1. The quantitative estimate of drug-likeness (QED) is 0.405. The summed E-state index contributed by atoms with van der Waals surface area (Å²) in [6.07, 6.45) is 1.86. The van der Waals surface area contributed by atoms with Gasteiger partial charge in [0.2, 0.25) is 5.91 Å². The highest BCUT2D eigenvalue weighted by atomic mass is 19.4. The zero-order valence-electron chi connectivity index (χ0n) is 25.1. The largest absolute Gasteiger partial charge is 0.461 e. The van der Waals surface area contributed by atoms with Gasteiger partial charge in [0.25, 0.3) is 0 Å². The third-order valence-corrected chi connectivity index (χ3v) is 9.54. The van der Waals surface area contributed by atoms with Gasteiger partial charge >= 0.3 is 12.2 Å². The summed E-state index contributed by atoms with van der Waals surface area (Å²) in [6.45, 7) is 9.50. The van der Waals surface area contributed by atoms with Crippen LogP contribution in [0.3, 0.4) is 0 Å². The lowest BCUT2D eigenvalue weighted by atomic mass is 10.00. The number of fused-ring (bicyclic) bond motifs is 1. The molecule has 9 nitrogen and oxygen atoms in total. The first-order valence-corrected chi connectivity index (χ1v) is 15.4. The molecular formula is C32H38F3N7O2. The maximum absolute atomic E-state index is 14.2. The molecule has 4 aliphatic rings. The van der Waals surface area contributed by atoms with E-state index in [0.717, 1.165) is 31.5 Å². The molecule has 1 aromatic heterocycles. The Kier molecular flexibility index (Phi) is 8.18. The van der Waals surface area contributed by atoms with E-state index < -0.39 is 11.7 Å². The summed E-state index contributed by atoms with van der Waals surface area (Å²) < 4.78 is 48.8. The molecule has 1 aliphatic carbocycles. The number of ether oxygens (including phenoxy) is 1. The SMILES string of the molecule is C=CC(=O)N1CCN(c2nc(OCC3(N4CCCC4)CC3)nc3c2CCN(c2cccc(C)c2C(F)(F)F)C3)C[C@@H]1CC#N. The molecule has 0 radical (unpaired) electrons. The number of hydrogen-bond acceptors (Lipinski definition) is 8. The van der Waals surface area contributed by atoms with E-state index in [4.69, 9.17) is 14.7 Å². The number of aromatic nitrogens is 2. The summed E-state index contributed by atoms with van der Waals surface area (Å²) in [5.74, 6) is 0.453. The number of aryl methyl sites for hydroxylation is 1. The molecule has 0 spiro atoms. The van der Waals surface area contributed by atoms with E-state index in [1.165, 1.54) is 38.0 Å². The Balaban J connectivity index is 1.33. The van der Waals surface area contributed by atoms with Crippen LogP contribution in [0.15, 0.2) is 30.9 Å². The topological polar surface area (TPSA) is 88.8 Å². The van der Waals surface area contributed by atoms with Crippen LogP contribution in [0.25, 0.3) is 0 Å². The maximum Gasteiger partial charge on any atom is 0.418 e. The monoisotopic (exact) mass is 609 g/mol. The van der Waals surface area contributed by atoms with Crippen LogP contribution >= 0.6 is 0 Å². The average molecular weight is 610 g/mol. The van der Waals surface area contributed by atoms with Gasteiger partial charge in [0.15, 0.2) is 0 Å². The summed E-state index contributed by atoms with van der Waals surface area (Å²) in [6, 6.07) is 6.73. The van der Waals surface area contributed by atoms with Crippen LogP contribution in [0, 0.1) is 18.3 Å². The molecule has 0 N–H and O–H groups in total. The Hall–Kier alpha value is -3.85. The van der Waals surface area contributed by atoms with E-state index in [-0.39, 0.29) is 47.7 Å². The number of rotatable bonds is 8. The molecule has 1 saturated carbocycles. The Morgan fingerprint density at radius 1 is 1.16 bits per heavy atom. The van der Waals surface area contributed by atoms with Crippen molar-refractivity contribution < 1.29 is 22.7 Å². The summed E-state index contributed by atoms with van der Waals surface area (Å²) in [7, 11) is 0. The molecule has 2 aromatic rings. The summed E-state index contributed by atoms with van der Waals surface area (Å²) in [5.41, 5.74) is 1.20. The number of hydrogen-bond donors (Lipinski definition) is 0. The highest BCUT2D eigenvalue weighted by Gasteiger charge is 2.49. The second kappa shape index (κ2) is 11.9. The van der Waals surface area contributed by atoms with Gasteiger partial charge in [0, 0.05) is 37.4 Å². The van der Waals surface area contributed by atoms with Crippen molar-refractivity contribution in [3.63, 3.8) is 0 Å². The maximum atomic E-state index is 14.2. The molecule has 6 rings (SSSR count). The molecule has 44 heavy (non-hydrogen) atoms. The number of amides is 1. The van der Waals surface area contributed by atoms with Crippen molar-refractivity contribution in [3.8, 4) is 12.1 Å². The molecule has 1 amide bonds. The minimum atomic E-state index is -4.49. The number of likely N-dealkylation sites (tertiary alicyclic amines) is 1. The minimum Gasteiger partial charge on any atom is -0.461 e. The van der Waals surface area contributed by atoms with Gasteiger partial charge < -0.3 is 19.4 Å². The van der Waals surface area contributed by atoms with E-state index in [1.54, 1.807) is 15.9 Å². The van der Waals surface area contributed by atoms with E-state index in [2.05, 4.69) is 22.4 Å². The number of halogens is 3. The predicted molar refractivity (Wildman–Crippen MR) is 159 cm³/mol. The number of alkyl halides is 3. The molecule has 1 atom stereocenters. The van der Waals surface area contributed by atoms with Crippen LogP contribution < -0.4 is 14.5 Å². The highest BCUT2D eigenvalue weighted by molar-refractivity contribution is 5.87. The molecule has 12 heteroatoms. The number of carbonyl (C=O) groups excluding carboxylic acids is 1. The summed E-state index contributed by atoms with van der Waals surface area (Å²) >= 11 is 0. The molecule has 3 fully saturated rings. The molecular weight excluding hydrogens is 571 g/mol. The van der Waals surface area contributed by atoms with E-state index in [1.807, 2.05) is 0 Å². The first-order valence-electron chi connectivity index (χ1n) is 15.4. The highest BCUT2D eigenvalue weighted by Crippen LogP contribution is 2.44. The van der Waals surface area contributed by atoms with Crippen molar-refractivity contribution in [1.29, 1.82) is 5.26 Å². The van der Waals surface area contributed by atoms with Crippen LogP contribution in [0.2, 0.25) is 0 Å². The van der Waals surface area contributed by atoms with Gasteiger partial charge in [0.05, 0.1) is 41.9 Å². The van der Waals surface area contributed by atoms with Crippen molar-refractivity contribution in [2.75, 3.05) is 55.7 Å². The average Bonchev–Trinajstić information content (AvgIpc) is 3.59. The molecule has 0 unspecified atom stereocenters. The number of benzene rings is 1. The first kappa shape index (κ1) is 30.2. The third-order valence-electron chi connectivity index (χ3n) is 9.54. The Bertz CT molecular complexity index is 1460. The number of nitrogens with zero attached hydrogens (tertiary/aromatic N) is 7. The molecule has 2 saturated heterocycles. The second-order valence-corrected chi connectivity index (χ2v) is 12.3. The summed E-state index contributed by atoms with van der Waals surface area (Å²) in [5, 5.41) is 9.49. The van der Waals surface area contributed by atoms with Crippen LogP contribution in [-0.4, -0.2) is 83.1 Å². The lowest BCUT2D eigenvalue weighted by Gasteiger charge is -2.42. The zero-order valence-corrected chi connectivity index (χ0v) is 25.1. The lowest BCUT2D eigenvalue weighted by Crippen LogP contribution is -2.55. The molecule has 234 valence electrons. The Morgan fingerprint density at radius 3 is 2.61 bits per heavy atom. The molecule has 1 aromatic carbocycles. The van der Waals surface area contributed by atoms with E-state index in [0.29, 0.717) is 50.7 Å². The minimum absolute atomic E-state index is 0.000294. The number of anilines is 2. The second-order valence-electron chi connectivity index (χ2n) is 12.3. The van der Waals surface area contributed by atoms with E-state index >= 15 is 0 Å². The zero-order chi connectivity index (χ0) is 31.1. The number of carbonyl (C=O) groups is 1. The molecule has 4 heterocycles. The fourth-order valence-electron chi connectivity index (χ4n) is 7.03. The molecule has 0 bridgehead atoms. The number of piperazine rings is 1.